The third-order valence-corrected chi connectivity index (χ3v) is 3.48. The highest BCUT2D eigenvalue weighted by atomic mass is 35.5. The quantitative estimate of drug-likeness (QED) is 0.908. The van der Waals surface area contributed by atoms with Crippen LogP contribution in [0, 0.1) is 0 Å². The largest absolute Gasteiger partial charge is 0.396 e. The van der Waals surface area contributed by atoms with Gasteiger partial charge in [-0.15, -0.1) is 11.3 Å². The Morgan fingerprint density at radius 3 is 2.94 bits per heavy atom. The third-order valence-electron chi connectivity index (χ3n) is 2.44. The number of aliphatic hydroxyl groups excluding tert-OH is 1. The Hall–Kier alpha value is -0.900. The van der Waals surface area contributed by atoms with Crippen LogP contribution in [0.5, 0.6) is 0 Å². The van der Waals surface area contributed by atoms with Gasteiger partial charge < -0.3 is 5.11 Å². The summed E-state index contributed by atoms with van der Waals surface area (Å²) < 4.78 is 0. The predicted molar refractivity (Wildman–Crippen MR) is 67.1 cm³/mol. The van der Waals surface area contributed by atoms with E-state index in [1.807, 2.05) is 29.6 Å². The van der Waals surface area contributed by atoms with E-state index in [2.05, 4.69) is 4.98 Å². The minimum Gasteiger partial charge on any atom is -0.396 e. The zero-order valence-corrected chi connectivity index (χ0v) is 10.2. The monoisotopic (exact) mass is 253 g/mol. The molecule has 1 heterocycles. The van der Waals surface area contributed by atoms with Gasteiger partial charge >= 0.3 is 0 Å². The highest BCUT2D eigenvalue weighted by molar-refractivity contribution is 7.09. The number of halogens is 1. The van der Waals surface area contributed by atoms with Gasteiger partial charge in [-0.3, -0.25) is 0 Å². The summed E-state index contributed by atoms with van der Waals surface area (Å²) in [6, 6.07) is 7.63. The molecule has 0 saturated heterocycles. The second kappa shape index (κ2) is 5.43. The molecule has 2 aromatic rings. The first kappa shape index (κ1) is 11.6. The number of benzene rings is 1. The first-order valence-corrected chi connectivity index (χ1v) is 6.30. The van der Waals surface area contributed by atoms with Gasteiger partial charge in [-0.05, 0) is 17.7 Å². The molecular formula is C12H12ClNOS. The van der Waals surface area contributed by atoms with Crippen LogP contribution in [0.25, 0.3) is 0 Å². The molecule has 1 aromatic carbocycles. The molecule has 0 bridgehead atoms. The lowest BCUT2D eigenvalue weighted by atomic mass is 9.97. The van der Waals surface area contributed by atoms with E-state index >= 15 is 0 Å². The molecule has 0 saturated carbocycles. The number of thiazole rings is 1. The molecule has 0 radical (unpaired) electrons. The van der Waals surface area contributed by atoms with Crippen molar-refractivity contribution in [2.45, 2.75) is 12.3 Å². The van der Waals surface area contributed by atoms with Gasteiger partial charge in [0.05, 0.1) is 11.6 Å². The molecule has 1 aromatic heterocycles. The van der Waals surface area contributed by atoms with Crippen molar-refractivity contribution < 1.29 is 5.11 Å². The summed E-state index contributed by atoms with van der Waals surface area (Å²) in [5.74, 6) is 0.0739. The van der Waals surface area contributed by atoms with Gasteiger partial charge in [-0.1, -0.05) is 23.7 Å². The van der Waals surface area contributed by atoms with E-state index in [-0.39, 0.29) is 12.5 Å². The van der Waals surface area contributed by atoms with Gasteiger partial charge in [-0.25, -0.2) is 4.98 Å². The van der Waals surface area contributed by atoms with Gasteiger partial charge in [0, 0.05) is 28.9 Å². The van der Waals surface area contributed by atoms with Crippen molar-refractivity contribution in [1.82, 2.24) is 4.98 Å². The van der Waals surface area contributed by atoms with Crippen molar-refractivity contribution in [1.29, 1.82) is 0 Å². The summed E-state index contributed by atoms with van der Waals surface area (Å²) in [5.41, 5.74) is 1.06. The lowest BCUT2D eigenvalue weighted by Crippen LogP contribution is -2.07. The molecule has 84 valence electrons. The smallest absolute Gasteiger partial charge is 0.0931 e. The number of rotatable bonds is 4. The number of hydrogen-bond donors (Lipinski definition) is 1. The van der Waals surface area contributed by atoms with Gasteiger partial charge in [0.2, 0.25) is 0 Å². The minimum atomic E-state index is 0.0739. The molecule has 0 aliphatic carbocycles. The molecule has 1 unspecified atom stereocenters. The first-order valence-electron chi connectivity index (χ1n) is 5.04. The second-order valence-electron chi connectivity index (χ2n) is 3.56. The fourth-order valence-electron chi connectivity index (χ4n) is 1.61. The van der Waals surface area contributed by atoms with Crippen LogP contribution in [0.1, 0.15) is 16.5 Å². The predicted octanol–water partition coefficient (Wildman–Crippen LogP) is 3.12. The van der Waals surface area contributed by atoms with Crippen molar-refractivity contribution >= 4 is 22.9 Å². The average Bonchev–Trinajstić information content (AvgIpc) is 2.78. The van der Waals surface area contributed by atoms with Crippen LogP contribution in [0.4, 0.5) is 0 Å². The maximum absolute atomic E-state index is 9.40. The van der Waals surface area contributed by atoms with Crippen LogP contribution < -0.4 is 0 Å². The summed E-state index contributed by atoms with van der Waals surface area (Å²) in [7, 11) is 0. The lowest BCUT2D eigenvalue weighted by molar-refractivity contribution is 0.264. The molecule has 0 aliphatic rings. The van der Waals surface area contributed by atoms with E-state index in [0.717, 1.165) is 17.0 Å². The van der Waals surface area contributed by atoms with Crippen molar-refractivity contribution in [3.63, 3.8) is 0 Å². The van der Waals surface area contributed by atoms with Crippen LogP contribution in [0.15, 0.2) is 35.8 Å². The van der Waals surface area contributed by atoms with Crippen molar-refractivity contribution in [3.8, 4) is 0 Å². The maximum Gasteiger partial charge on any atom is 0.0931 e. The highest BCUT2D eigenvalue weighted by Gasteiger charge is 2.12. The summed E-state index contributed by atoms with van der Waals surface area (Å²) in [6.07, 6.45) is 2.54. The average molecular weight is 254 g/mol. The minimum absolute atomic E-state index is 0.0739. The van der Waals surface area contributed by atoms with E-state index < -0.39 is 0 Å². The molecule has 1 N–H and O–H groups in total. The molecule has 16 heavy (non-hydrogen) atoms. The number of nitrogens with zero attached hydrogens (tertiary/aromatic N) is 1. The highest BCUT2D eigenvalue weighted by Crippen LogP contribution is 2.23. The van der Waals surface area contributed by atoms with Crippen LogP contribution in [-0.2, 0) is 6.42 Å². The zero-order chi connectivity index (χ0) is 11.4. The van der Waals surface area contributed by atoms with Crippen LogP contribution in [0.2, 0.25) is 5.02 Å². The molecule has 2 rings (SSSR count). The molecular weight excluding hydrogens is 242 g/mol. The first-order chi connectivity index (χ1) is 7.79. The molecule has 1 atom stereocenters. The molecule has 0 aliphatic heterocycles. The topological polar surface area (TPSA) is 33.1 Å². The van der Waals surface area contributed by atoms with Crippen molar-refractivity contribution in [2.75, 3.05) is 6.61 Å². The van der Waals surface area contributed by atoms with E-state index in [1.54, 1.807) is 17.5 Å². The Bertz CT molecular complexity index is 444. The number of aromatic nitrogens is 1. The summed E-state index contributed by atoms with van der Waals surface area (Å²) >= 11 is 7.54. The van der Waals surface area contributed by atoms with Crippen molar-refractivity contribution in [3.05, 3.63) is 51.4 Å². The Balaban J connectivity index is 2.16. The fraction of sp³-hybridized carbons (Fsp3) is 0.250. The Morgan fingerprint density at radius 2 is 2.31 bits per heavy atom. The maximum atomic E-state index is 9.40. The fourth-order valence-corrected chi connectivity index (χ4v) is 2.51. The molecule has 2 nitrogen and oxygen atoms in total. The van der Waals surface area contributed by atoms with Crippen LogP contribution in [0.3, 0.4) is 0 Å². The number of hydrogen-bond acceptors (Lipinski definition) is 3. The van der Waals surface area contributed by atoms with Gasteiger partial charge in [0.25, 0.3) is 0 Å². The van der Waals surface area contributed by atoms with E-state index in [0.29, 0.717) is 5.02 Å². The normalized spacial score (nSPS) is 12.6. The summed E-state index contributed by atoms with van der Waals surface area (Å²) in [4.78, 5) is 4.23. The molecule has 0 fully saturated rings. The molecule has 0 amide bonds. The standard InChI is InChI=1S/C12H12ClNOS/c13-11-3-1-2-9(6-11)10(8-15)7-12-14-4-5-16-12/h1-6,10,15H,7-8H2. The second-order valence-corrected chi connectivity index (χ2v) is 4.98. The van der Waals surface area contributed by atoms with E-state index in [9.17, 15) is 5.11 Å². The SMILES string of the molecule is OCC(Cc1nccs1)c1cccc(Cl)c1. The van der Waals surface area contributed by atoms with Gasteiger partial charge in [0.15, 0.2) is 0 Å². The lowest BCUT2D eigenvalue weighted by Gasteiger charge is -2.13. The van der Waals surface area contributed by atoms with Gasteiger partial charge in [-0.2, -0.15) is 0 Å². The van der Waals surface area contributed by atoms with Crippen LogP contribution in [-0.4, -0.2) is 16.7 Å². The van der Waals surface area contributed by atoms with Crippen molar-refractivity contribution in [2.24, 2.45) is 0 Å². The van der Waals surface area contributed by atoms with Crippen LogP contribution >= 0.6 is 22.9 Å². The van der Waals surface area contributed by atoms with E-state index in [1.165, 1.54) is 0 Å². The Morgan fingerprint density at radius 1 is 1.44 bits per heavy atom. The Labute approximate surface area is 104 Å². The third kappa shape index (κ3) is 2.82. The number of aliphatic hydroxyl groups is 1. The summed E-state index contributed by atoms with van der Waals surface area (Å²) in [6.45, 7) is 0.111. The van der Waals surface area contributed by atoms with E-state index in [4.69, 9.17) is 11.6 Å². The molecule has 0 spiro atoms. The Kier molecular flexibility index (Phi) is 3.93. The van der Waals surface area contributed by atoms with Gasteiger partial charge in [0.1, 0.15) is 0 Å². The zero-order valence-electron chi connectivity index (χ0n) is 8.64. The molecule has 4 heteroatoms. The summed E-state index contributed by atoms with van der Waals surface area (Å²) in [5, 5.41) is 13.1.